The second-order valence-corrected chi connectivity index (χ2v) is 8.63. The lowest BCUT2D eigenvalue weighted by Gasteiger charge is -2.20. The number of fused-ring (bicyclic) bond motifs is 1. The number of anilines is 1. The smallest absolute Gasteiger partial charge is 0.167 e. The summed E-state index contributed by atoms with van der Waals surface area (Å²) in [7, 11) is 1.51. The van der Waals surface area contributed by atoms with Crippen LogP contribution in [0.4, 0.5) is 5.82 Å². The monoisotopic (exact) mass is 447 g/mol. The number of hydrogen-bond donors (Lipinski definition) is 3. The van der Waals surface area contributed by atoms with E-state index in [-0.39, 0.29) is 6.61 Å². The molecule has 170 valence electrons. The second-order valence-electron chi connectivity index (χ2n) is 8.63. The SMILES string of the molecule is CO[C@@H]1[C@H](O)[C@@H](CO)O[C@H]1n1cnc2c(NCC3Cc4cccc5cccc3c45)ncnc21. The van der Waals surface area contributed by atoms with Gasteiger partial charge in [0.25, 0.3) is 0 Å². The zero-order chi connectivity index (χ0) is 22.5. The fourth-order valence-electron chi connectivity index (χ4n) is 5.25. The van der Waals surface area contributed by atoms with Crippen LogP contribution in [-0.4, -0.2) is 68.3 Å². The van der Waals surface area contributed by atoms with Crippen LogP contribution < -0.4 is 5.32 Å². The maximum Gasteiger partial charge on any atom is 0.167 e. The quantitative estimate of drug-likeness (QED) is 0.411. The normalized spacial score (nSPS) is 26.5. The van der Waals surface area contributed by atoms with Crippen molar-refractivity contribution in [1.29, 1.82) is 0 Å². The van der Waals surface area contributed by atoms with Crippen molar-refractivity contribution >= 4 is 27.8 Å². The molecule has 6 rings (SSSR count). The van der Waals surface area contributed by atoms with Crippen LogP contribution in [0.5, 0.6) is 0 Å². The number of nitrogens with zero attached hydrogens (tertiary/aromatic N) is 4. The first-order valence-corrected chi connectivity index (χ1v) is 11.1. The maximum absolute atomic E-state index is 10.4. The minimum atomic E-state index is -0.950. The lowest BCUT2D eigenvalue weighted by atomic mass is 10.00. The summed E-state index contributed by atoms with van der Waals surface area (Å²) in [6.45, 7) is 0.418. The molecule has 2 aliphatic rings. The van der Waals surface area contributed by atoms with Gasteiger partial charge in [-0.25, -0.2) is 15.0 Å². The van der Waals surface area contributed by atoms with E-state index in [1.807, 2.05) is 0 Å². The number of aliphatic hydroxyl groups is 2. The summed E-state index contributed by atoms with van der Waals surface area (Å²) < 4.78 is 13.0. The van der Waals surface area contributed by atoms with E-state index in [0.29, 0.717) is 22.9 Å². The van der Waals surface area contributed by atoms with Crippen LogP contribution in [-0.2, 0) is 15.9 Å². The molecule has 3 N–H and O–H groups in total. The first kappa shape index (κ1) is 20.5. The molecule has 4 aromatic rings. The van der Waals surface area contributed by atoms with Crippen molar-refractivity contribution in [3.8, 4) is 0 Å². The molecule has 1 saturated heterocycles. The fraction of sp³-hybridized carbons (Fsp3) is 0.375. The van der Waals surface area contributed by atoms with Gasteiger partial charge in [-0.2, -0.15) is 0 Å². The van der Waals surface area contributed by atoms with Crippen LogP contribution in [0.25, 0.3) is 21.9 Å². The van der Waals surface area contributed by atoms with Crippen molar-refractivity contribution in [2.75, 3.05) is 25.6 Å². The van der Waals surface area contributed by atoms with Gasteiger partial charge in [0.1, 0.15) is 24.6 Å². The minimum Gasteiger partial charge on any atom is -0.394 e. The number of aromatic nitrogens is 4. The molecule has 1 aliphatic carbocycles. The van der Waals surface area contributed by atoms with E-state index in [0.717, 1.165) is 13.0 Å². The lowest BCUT2D eigenvalue weighted by molar-refractivity contribution is -0.0583. The van der Waals surface area contributed by atoms with Gasteiger partial charge in [-0.15, -0.1) is 0 Å². The molecule has 0 radical (unpaired) electrons. The zero-order valence-electron chi connectivity index (χ0n) is 18.1. The molecule has 9 nitrogen and oxygen atoms in total. The van der Waals surface area contributed by atoms with E-state index in [2.05, 4.69) is 56.7 Å². The Morgan fingerprint density at radius 3 is 2.85 bits per heavy atom. The van der Waals surface area contributed by atoms with Crippen molar-refractivity contribution in [3.63, 3.8) is 0 Å². The van der Waals surface area contributed by atoms with E-state index in [4.69, 9.17) is 9.47 Å². The minimum absolute atomic E-state index is 0.303. The summed E-state index contributed by atoms with van der Waals surface area (Å²) in [5.74, 6) is 0.989. The Bertz CT molecular complexity index is 1320. The predicted octanol–water partition coefficient (Wildman–Crippen LogP) is 2.00. The van der Waals surface area contributed by atoms with E-state index >= 15 is 0 Å². The summed E-state index contributed by atoms with van der Waals surface area (Å²) in [5.41, 5.74) is 3.93. The van der Waals surface area contributed by atoms with Crippen molar-refractivity contribution in [2.24, 2.45) is 0 Å². The van der Waals surface area contributed by atoms with Crippen LogP contribution in [0.15, 0.2) is 49.1 Å². The average molecular weight is 447 g/mol. The number of ether oxygens (including phenoxy) is 2. The molecule has 2 aromatic heterocycles. The molecule has 9 heteroatoms. The third-order valence-corrected chi connectivity index (χ3v) is 6.84. The third kappa shape index (κ3) is 3.19. The third-order valence-electron chi connectivity index (χ3n) is 6.84. The highest BCUT2D eigenvalue weighted by Gasteiger charge is 2.45. The van der Waals surface area contributed by atoms with E-state index < -0.39 is 24.5 Å². The topological polar surface area (TPSA) is 115 Å². The van der Waals surface area contributed by atoms with Gasteiger partial charge < -0.3 is 25.0 Å². The van der Waals surface area contributed by atoms with Crippen molar-refractivity contribution in [3.05, 3.63) is 60.2 Å². The number of methoxy groups -OCH3 is 1. The molecule has 0 spiro atoms. The molecule has 3 heterocycles. The molecular weight excluding hydrogens is 422 g/mol. The lowest BCUT2D eigenvalue weighted by Crippen LogP contribution is -2.34. The Morgan fingerprint density at radius 2 is 2.03 bits per heavy atom. The first-order chi connectivity index (χ1) is 16.2. The van der Waals surface area contributed by atoms with Gasteiger partial charge in [0.15, 0.2) is 23.2 Å². The highest BCUT2D eigenvalue weighted by Crippen LogP contribution is 2.38. The molecule has 0 saturated carbocycles. The Kier molecular flexibility index (Phi) is 4.99. The molecule has 1 unspecified atom stereocenters. The molecule has 0 bridgehead atoms. The summed E-state index contributed by atoms with van der Waals surface area (Å²) in [6, 6.07) is 13.0. The molecule has 2 aromatic carbocycles. The van der Waals surface area contributed by atoms with Gasteiger partial charge >= 0.3 is 0 Å². The summed E-state index contributed by atoms with van der Waals surface area (Å²) in [6.07, 6.45) is 1.10. The highest BCUT2D eigenvalue weighted by molar-refractivity contribution is 5.91. The highest BCUT2D eigenvalue weighted by atomic mass is 16.6. The van der Waals surface area contributed by atoms with E-state index in [9.17, 15) is 10.2 Å². The van der Waals surface area contributed by atoms with E-state index in [1.54, 1.807) is 10.9 Å². The van der Waals surface area contributed by atoms with Gasteiger partial charge in [0, 0.05) is 19.6 Å². The standard InChI is InChI=1S/C24H25N5O4/c1-32-21-20(31)17(10-30)33-24(21)29-12-28-19-22(26-11-27-23(19)29)25-9-15-8-14-6-2-4-13-5-3-7-16(15)18(13)14/h2-7,11-12,15,17,20-21,24,30-31H,8-10H2,1H3,(H,25,26,27)/t15?,17-,20-,21-,24-/m1/s1. The van der Waals surface area contributed by atoms with Crippen LogP contribution in [0.1, 0.15) is 23.3 Å². The van der Waals surface area contributed by atoms with Crippen molar-refractivity contribution in [1.82, 2.24) is 19.5 Å². The van der Waals surface area contributed by atoms with Crippen LogP contribution in [0.3, 0.4) is 0 Å². The number of benzene rings is 2. The van der Waals surface area contributed by atoms with Gasteiger partial charge in [0.2, 0.25) is 0 Å². The Hall–Kier alpha value is -3.11. The summed E-state index contributed by atoms with van der Waals surface area (Å²) >= 11 is 0. The number of rotatable bonds is 6. The largest absolute Gasteiger partial charge is 0.394 e. The van der Waals surface area contributed by atoms with Crippen LogP contribution in [0.2, 0.25) is 0 Å². The number of hydrogen-bond acceptors (Lipinski definition) is 8. The number of nitrogens with one attached hydrogen (secondary N) is 1. The molecule has 1 aliphatic heterocycles. The van der Waals surface area contributed by atoms with Gasteiger partial charge in [-0.1, -0.05) is 36.4 Å². The van der Waals surface area contributed by atoms with Gasteiger partial charge in [-0.05, 0) is 28.3 Å². The van der Waals surface area contributed by atoms with Gasteiger partial charge in [-0.3, -0.25) is 4.57 Å². The molecule has 0 amide bonds. The van der Waals surface area contributed by atoms with Crippen molar-refractivity contribution in [2.45, 2.75) is 36.9 Å². The Balaban J connectivity index is 1.27. The zero-order valence-corrected chi connectivity index (χ0v) is 18.1. The maximum atomic E-state index is 10.4. The van der Waals surface area contributed by atoms with Crippen molar-refractivity contribution < 1.29 is 19.7 Å². The average Bonchev–Trinajstić information content (AvgIpc) is 3.52. The van der Waals surface area contributed by atoms with Crippen LogP contribution >= 0.6 is 0 Å². The Morgan fingerprint density at radius 1 is 1.18 bits per heavy atom. The molecule has 5 atom stereocenters. The number of imidazole rings is 1. The van der Waals surface area contributed by atoms with Gasteiger partial charge in [0.05, 0.1) is 12.9 Å². The molecule has 33 heavy (non-hydrogen) atoms. The fourth-order valence-corrected chi connectivity index (χ4v) is 5.25. The first-order valence-electron chi connectivity index (χ1n) is 11.1. The van der Waals surface area contributed by atoms with Crippen LogP contribution in [0, 0.1) is 0 Å². The number of aliphatic hydroxyl groups excluding tert-OH is 2. The summed E-state index contributed by atoms with van der Waals surface area (Å²) in [4.78, 5) is 13.4. The summed E-state index contributed by atoms with van der Waals surface area (Å²) in [5, 5.41) is 26.0. The Labute approximate surface area is 190 Å². The van der Waals surface area contributed by atoms with E-state index in [1.165, 1.54) is 35.3 Å². The predicted molar refractivity (Wildman–Crippen MR) is 122 cm³/mol. The molecule has 1 fully saturated rings. The molecular formula is C24H25N5O4. The second kappa shape index (κ2) is 8.03.